The Morgan fingerprint density at radius 3 is 2.89 bits per heavy atom. The molecular formula is C14H22ClN3. The average molecular weight is 268 g/mol. The van der Waals surface area contributed by atoms with Crippen molar-refractivity contribution in [3.63, 3.8) is 0 Å². The van der Waals surface area contributed by atoms with E-state index in [1.54, 1.807) is 0 Å². The van der Waals surface area contributed by atoms with Crippen molar-refractivity contribution in [2.45, 2.75) is 25.4 Å². The fourth-order valence-corrected chi connectivity index (χ4v) is 2.89. The largest absolute Gasteiger partial charge is 0.398 e. The Morgan fingerprint density at radius 1 is 1.50 bits per heavy atom. The molecule has 0 radical (unpaired) electrons. The second-order valence-electron chi connectivity index (χ2n) is 5.28. The molecule has 3 nitrogen and oxygen atoms in total. The number of hydrogen-bond donors (Lipinski definition) is 1. The summed E-state index contributed by atoms with van der Waals surface area (Å²) in [4.78, 5) is 4.75. The van der Waals surface area contributed by atoms with Gasteiger partial charge >= 0.3 is 0 Å². The van der Waals surface area contributed by atoms with E-state index >= 15 is 0 Å². The molecule has 18 heavy (non-hydrogen) atoms. The van der Waals surface area contributed by atoms with Gasteiger partial charge in [-0.05, 0) is 45.6 Å². The summed E-state index contributed by atoms with van der Waals surface area (Å²) in [5.41, 5.74) is 7.81. The number of halogens is 1. The summed E-state index contributed by atoms with van der Waals surface area (Å²) in [6.07, 6.45) is 2.60. The lowest BCUT2D eigenvalue weighted by Crippen LogP contribution is -2.36. The molecule has 1 aromatic rings. The highest BCUT2D eigenvalue weighted by Crippen LogP contribution is 2.24. The number of anilines is 1. The van der Waals surface area contributed by atoms with Crippen molar-refractivity contribution in [3.8, 4) is 0 Å². The zero-order valence-electron chi connectivity index (χ0n) is 11.2. The van der Waals surface area contributed by atoms with E-state index in [0.29, 0.717) is 6.04 Å². The number of hydrogen-bond acceptors (Lipinski definition) is 3. The molecule has 2 rings (SSSR count). The van der Waals surface area contributed by atoms with Gasteiger partial charge in [0.1, 0.15) is 0 Å². The molecule has 0 aromatic heterocycles. The van der Waals surface area contributed by atoms with Crippen LogP contribution in [0.25, 0.3) is 0 Å². The number of rotatable bonds is 4. The predicted molar refractivity (Wildman–Crippen MR) is 77.9 cm³/mol. The summed E-state index contributed by atoms with van der Waals surface area (Å²) < 4.78 is 0. The van der Waals surface area contributed by atoms with Crippen LogP contribution in [0, 0.1) is 0 Å². The van der Waals surface area contributed by atoms with Gasteiger partial charge in [-0.15, -0.1) is 0 Å². The first-order valence-electron chi connectivity index (χ1n) is 6.49. The number of nitrogens with zero attached hydrogens (tertiary/aromatic N) is 2. The standard InChI is InChI=1S/C14H22ClN3/c1-17(9-11-5-4-8-18(11)2)10-12-13(15)6-3-7-14(12)16/h3,6-7,11H,4-5,8-10,16H2,1-2H3. The highest BCUT2D eigenvalue weighted by Gasteiger charge is 2.22. The third-order valence-electron chi connectivity index (χ3n) is 3.78. The van der Waals surface area contributed by atoms with Gasteiger partial charge in [0.05, 0.1) is 0 Å². The van der Waals surface area contributed by atoms with Gasteiger partial charge in [0.2, 0.25) is 0 Å². The maximum absolute atomic E-state index is 6.20. The van der Waals surface area contributed by atoms with Crippen LogP contribution in [-0.2, 0) is 6.54 Å². The molecule has 1 saturated heterocycles. The van der Waals surface area contributed by atoms with Crippen LogP contribution < -0.4 is 5.73 Å². The van der Waals surface area contributed by atoms with Crippen LogP contribution in [0.3, 0.4) is 0 Å². The first-order valence-corrected chi connectivity index (χ1v) is 6.87. The molecule has 1 atom stereocenters. The minimum absolute atomic E-state index is 0.665. The van der Waals surface area contributed by atoms with Crippen molar-refractivity contribution >= 4 is 17.3 Å². The number of likely N-dealkylation sites (N-methyl/N-ethyl adjacent to an activating group) is 2. The molecule has 4 heteroatoms. The maximum Gasteiger partial charge on any atom is 0.0471 e. The number of benzene rings is 1. The molecule has 1 fully saturated rings. The average Bonchev–Trinajstić information content (AvgIpc) is 2.70. The van der Waals surface area contributed by atoms with Crippen molar-refractivity contribution in [2.75, 3.05) is 32.9 Å². The van der Waals surface area contributed by atoms with E-state index in [1.807, 2.05) is 18.2 Å². The molecule has 100 valence electrons. The number of likely N-dealkylation sites (tertiary alicyclic amines) is 1. The van der Waals surface area contributed by atoms with E-state index in [9.17, 15) is 0 Å². The van der Waals surface area contributed by atoms with Crippen LogP contribution in [0.4, 0.5) is 5.69 Å². The molecule has 0 bridgehead atoms. The fraction of sp³-hybridized carbons (Fsp3) is 0.571. The molecule has 0 spiro atoms. The Balaban J connectivity index is 1.96. The molecule has 1 aromatic carbocycles. The van der Waals surface area contributed by atoms with Crippen molar-refractivity contribution in [2.24, 2.45) is 0 Å². The van der Waals surface area contributed by atoms with Gasteiger partial charge in [0.15, 0.2) is 0 Å². The fourth-order valence-electron chi connectivity index (χ4n) is 2.65. The molecular weight excluding hydrogens is 246 g/mol. The molecule has 2 N–H and O–H groups in total. The van der Waals surface area contributed by atoms with Crippen molar-refractivity contribution in [1.82, 2.24) is 9.80 Å². The second kappa shape index (κ2) is 5.91. The summed E-state index contributed by atoms with van der Waals surface area (Å²) in [5.74, 6) is 0. The van der Waals surface area contributed by atoms with Gasteiger partial charge in [0.25, 0.3) is 0 Å². The Hall–Kier alpha value is -0.770. The quantitative estimate of drug-likeness (QED) is 0.851. The Bertz CT molecular complexity index is 388. The first kappa shape index (κ1) is 13.7. The molecule has 1 aliphatic rings. The van der Waals surface area contributed by atoms with Gasteiger partial charge in [-0.25, -0.2) is 0 Å². The summed E-state index contributed by atoms with van der Waals surface area (Å²) in [6, 6.07) is 6.38. The van der Waals surface area contributed by atoms with E-state index in [2.05, 4.69) is 23.9 Å². The maximum atomic E-state index is 6.20. The summed E-state index contributed by atoms with van der Waals surface area (Å²) in [5, 5.41) is 0.765. The van der Waals surface area contributed by atoms with E-state index in [0.717, 1.165) is 29.4 Å². The van der Waals surface area contributed by atoms with Crippen LogP contribution in [0.5, 0.6) is 0 Å². The van der Waals surface area contributed by atoms with Crippen LogP contribution in [0.2, 0.25) is 5.02 Å². The molecule has 0 aliphatic carbocycles. The Kier molecular flexibility index (Phi) is 4.49. The van der Waals surface area contributed by atoms with Gasteiger partial charge in [-0.1, -0.05) is 17.7 Å². The van der Waals surface area contributed by atoms with Crippen LogP contribution >= 0.6 is 11.6 Å². The third-order valence-corrected chi connectivity index (χ3v) is 4.13. The topological polar surface area (TPSA) is 32.5 Å². The van der Waals surface area contributed by atoms with E-state index in [-0.39, 0.29) is 0 Å². The number of nitrogen functional groups attached to an aromatic ring is 1. The molecule has 1 heterocycles. The lowest BCUT2D eigenvalue weighted by molar-refractivity contribution is 0.216. The first-order chi connectivity index (χ1) is 8.58. The second-order valence-corrected chi connectivity index (χ2v) is 5.69. The minimum Gasteiger partial charge on any atom is -0.398 e. The SMILES string of the molecule is CN(Cc1c(N)cccc1Cl)CC1CCCN1C. The monoisotopic (exact) mass is 267 g/mol. The summed E-state index contributed by atoms with van der Waals surface area (Å²) in [7, 11) is 4.34. The highest BCUT2D eigenvalue weighted by molar-refractivity contribution is 6.31. The predicted octanol–water partition coefficient (Wildman–Crippen LogP) is 2.45. The van der Waals surface area contributed by atoms with Gasteiger partial charge in [-0.2, -0.15) is 0 Å². The highest BCUT2D eigenvalue weighted by atomic mass is 35.5. The smallest absolute Gasteiger partial charge is 0.0471 e. The molecule has 0 amide bonds. The minimum atomic E-state index is 0.665. The number of nitrogens with two attached hydrogens (primary N) is 1. The van der Waals surface area contributed by atoms with E-state index < -0.39 is 0 Å². The van der Waals surface area contributed by atoms with Crippen molar-refractivity contribution in [3.05, 3.63) is 28.8 Å². The molecule has 1 aliphatic heterocycles. The lowest BCUT2D eigenvalue weighted by Gasteiger charge is -2.26. The Morgan fingerprint density at radius 2 is 2.28 bits per heavy atom. The zero-order chi connectivity index (χ0) is 13.1. The van der Waals surface area contributed by atoms with Crippen molar-refractivity contribution < 1.29 is 0 Å². The van der Waals surface area contributed by atoms with E-state index in [1.165, 1.54) is 19.4 Å². The Labute approximate surface area is 115 Å². The van der Waals surface area contributed by atoms with Crippen LogP contribution in [-0.4, -0.2) is 43.0 Å². The molecule has 0 saturated carbocycles. The van der Waals surface area contributed by atoms with Gasteiger partial charge < -0.3 is 15.5 Å². The van der Waals surface area contributed by atoms with Crippen LogP contribution in [0.1, 0.15) is 18.4 Å². The summed E-state index contributed by atoms with van der Waals surface area (Å²) >= 11 is 6.20. The van der Waals surface area contributed by atoms with Gasteiger partial charge in [-0.3, -0.25) is 0 Å². The van der Waals surface area contributed by atoms with E-state index in [4.69, 9.17) is 17.3 Å². The lowest BCUT2D eigenvalue weighted by atomic mass is 10.1. The molecule has 1 unspecified atom stereocenters. The summed E-state index contributed by atoms with van der Waals surface area (Å²) in [6.45, 7) is 3.10. The van der Waals surface area contributed by atoms with Gasteiger partial charge in [0, 0.05) is 35.4 Å². The third kappa shape index (κ3) is 3.16. The zero-order valence-corrected chi connectivity index (χ0v) is 12.0. The van der Waals surface area contributed by atoms with Crippen LogP contribution in [0.15, 0.2) is 18.2 Å². The normalized spacial score (nSPS) is 20.8. The van der Waals surface area contributed by atoms with Crippen molar-refractivity contribution in [1.29, 1.82) is 0 Å².